The lowest BCUT2D eigenvalue weighted by molar-refractivity contribution is 0.0951. The van der Waals surface area contributed by atoms with E-state index in [9.17, 15) is 0 Å². The van der Waals surface area contributed by atoms with Crippen LogP contribution in [0, 0.1) is 23.7 Å². The molecule has 0 bridgehead atoms. The average Bonchev–Trinajstić information content (AvgIpc) is 2.52. The van der Waals surface area contributed by atoms with Crippen molar-refractivity contribution in [3.8, 4) is 0 Å². The Bertz CT molecular complexity index is 155. The van der Waals surface area contributed by atoms with Gasteiger partial charge in [0, 0.05) is 0 Å². The van der Waals surface area contributed by atoms with E-state index in [4.69, 9.17) is 0 Å². The van der Waals surface area contributed by atoms with Crippen molar-refractivity contribution in [1.29, 1.82) is 0 Å². The minimum atomic E-state index is 1.17. The number of hydrogen-bond acceptors (Lipinski definition) is 0. The van der Waals surface area contributed by atoms with E-state index in [0.717, 1.165) is 0 Å². The van der Waals surface area contributed by atoms with Crippen LogP contribution in [0.15, 0.2) is 0 Å². The SMILES string of the molecule is C1CC2CCC[C@H]3CC[C@H](C1)C23. The Balaban J connectivity index is 1.84. The Hall–Kier alpha value is 0. The van der Waals surface area contributed by atoms with Crippen molar-refractivity contribution in [2.75, 3.05) is 0 Å². The molecule has 2 atom stereocenters. The average molecular weight is 164 g/mol. The summed E-state index contributed by atoms with van der Waals surface area (Å²) in [6, 6.07) is 0. The third-order valence-electron chi connectivity index (χ3n) is 4.84. The fourth-order valence-corrected chi connectivity index (χ4v) is 4.46. The van der Waals surface area contributed by atoms with E-state index < -0.39 is 0 Å². The monoisotopic (exact) mass is 164 g/mol. The van der Waals surface area contributed by atoms with Gasteiger partial charge in [-0.15, -0.1) is 0 Å². The maximum absolute atomic E-state index is 1.59. The van der Waals surface area contributed by atoms with E-state index in [1.165, 1.54) is 23.7 Å². The second kappa shape index (κ2) is 2.75. The number of hydrogen-bond donors (Lipinski definition) is 0. The molecule has 0 aromatic heterocycles. The lowest BCUT2D eigenvalue weighted by Crippen LogP contribution is -2.31. The van der Waals surface area contributed by atoms with E-state index in [0.29, 0.717) is 0 Å². The van der Waals surface area contributed by atoms with Gasteiger partial charge in [0.25, 0.3) is 0 Å². The van der Waals surface area contributed by atoms with Gasteiger partial charge in [-0.1, -0.05) is 38.5 Å². The zero-order valence-electron chi connectivity index (χ0n) is 7.97. The second-order valence-electron chi connectivity index (χ2n) is 5.30. The van der Waals surface area contributed by atoms with Gasteiger partial charge in [-0.05, 0) is 36.5 Å². The van der Waals surface area contributed by atoms with Gasteiger partial charge in [0.15, 0.2) is 0 Å². The normalized spacial score (nSPS) is 52.0. The van der Waals surface area contributed by atoms with Crippen molar-refractivity contribution < 1.29 is 0 Å². The molecule has 0 nitrogen and oxygen atoms in total. The summed E-state index contributed by atoms with van der Waals surface area (Å²) in [4.78, 5) is 0. The van der Waals surface area contributed by atoms with E-state index >= 15 is 0 Å². The summed E-state index contributed by atoms with van der Waals surface area (Å²) >= 11 is 0. The summed E-state index contributed by atoms with van der Waals surface area (Å²) in [7, 11) is 0. The smallest absolute Gasteiger partial charge is 0.0329 e. The third-order valence-corrected chi connectivity index (χ3v) is 4.84. The maximum atomic E-state index is 1.59. The highest BCUT2D eigenvalue weighted by molar-refractivity contribution is 4.94. The quantitative estimate of drug-likeness (QED) is 0.513. The van der Waals surface area contributed by atoms with Crippen LogP contribution in [0.1, 0.15) is 51.4 Å². The molecule has 0 spiro atoms. The van der Waals surface area contributed by atoms with Crippen LogP contribution < -0.4 is 0 Å². The molecule has 0 N–H and O–H groups in total. The molecule has 0 heteroatoms. The highest BCUT2D eigenvalue weighted by Gasteiger charge is 2.44. The standard InChI is InChI=1S/C12H20/c1-3-9-4-2-6-11-8-7-10(5-1)12(9)11/h9-12H,1-8H2/t9?,10-,11-,12?/m0/s1. The van der Waals surface area contributed by atoms with Crippen LogP contribution in [0.25, 0.3) is 0 Å². The summed E-state index contributed by atoms with van der Waals surface area (Å²) < 4.78 is 0. The van der Waals surface area contributed by atoms with Crippen LogP contribution in [-0.4, -0.2) is 0 Å². The molecule has 3 rings (SSSR count). The molecule has 0 aromatic rings. The van der Waals surface area contributed by atoms with Crippen molar-refractivity contribution in [2.45, 2.75) is 51.4 Å². The van der Waals surface area contributed by atoms with E-state index in [-0.39, 0.29) is 0 Å². The Morgan fingerprint density at radius 1 is 0.500 bits per heavy atom. The van der Waals surface area contributed by atoms with Gasteiger partial charge in [-0.25, -0.2) is 0 Å². The molecule has 3 aliphatic carbocycles. The highest BCUT2D eigenvalue weighted by Crippen LogP contribution is 2.54. The van der Waals surface area contributed by atoms with Crippen molar-refractivity contribution in [3.05, 3.63) is 0 Å². The Labute approximate surface area is 75.7 Å². The molecule has 68 valence electrons. The van der Waals surface area contributed by atoms with Gasteiger partial charge in [0.1, 0.15) is 0 Å². The van der Waals surface area contributed by atoms with Gasteiger partial charge in [-0.2, -0.15) is 0 Å². The Kier molecular flexibility index (Phi) is 1.70. The van der Waals surface area contributed by atoms with Gasteiger partial charge in [0.05, 0.1) is 0 Å². The summed E-state index contributed by atoms with van der Waals surface area (Å²) in [5.74, 6) is 4.72. The maximum Gasteiger partial charge on any atom is -0.0329 e. The molecule has 12 heavy (non-hydrogen) atoms. The molecule has 3 aliphatic rings. The van der Waals surface area contributed by atoms with Crippen molar-refractivity contribution in [3.63, 3.8) is 0 Å². The first-order valence-electron chi connectivity index (χ1n) is 5.95. The van der Waals surface area contributed by atoms with E-state index in [1.807, 2.05) is 0 Å². The van der Waals surface area contributed by atoms with Crippen LogP contribution in [-0.2, 0) is 0 Å². The van der Waals surface area contributed by atoms with Gasteiger partial charge in [0.2, 0.25) is 0 Å². The Morgan fingerprint density at radius 2 is 0.917 bits per heavy atom. The summed E-state index contributed by atoms with van der Waals surface area (Å²) in [5, 5.41) is 0. The summed E-state index contributed by atoms with van der Waals surface area (Å²) in [5.41, 5.74) is 0. The van der Waals surface area contributed by atoms with Crippen LogP contribution in [0.5, 0.6) is 0 Å². The molecule has 0 aliphatic heterocycles. The van der Waals surface area contributed by atoms with Crippen molar-refractivity contribution in [1.82, 2.24) is 0 Å². The molecule has 3 saturated carbocycles. The lowest BCUT2D eigenvalue weighted by atomic mass is 9.65. The van der Waals surface area contributed by atoms with E-state index in [1.54, 1.807) is 51.4 Å². The molecule has 0 heterocycles. The van der Waals surface area contributed by atoms with Crippen molar-refractivity contribution >= 4 is 0 Å². The summed E-state index contributed by atoms with van der Waals surface area (Å²) in [6.07, 6.45) is 12.6. The van der Waals surface area contributed by atoms with Crippen LogP contribution >= 0.6 is 0 Å². The molecular weight excluding hydrogens is 144 g/mol. The van der Waals surface area contributed by atoms with E-state index in [2.05, 4.69) is 0 Å². The van der Waals surface area contributed by atoms with Gasteiger partial charge in [-0.3, -0.25) is 0 Å². The van der Waals surface area contributed by atoms with Gasteiger partial charge < -0.3 is 0 Å². The molecular formula is C12H20. The molecule has 0 amide bonds. The topological polar surface area (TPSA) is 0 Å². The summed E-state index contributed by atoms with van der Waals surface area (Å²) in [6.45, 7) is 0. The van der Waals surface area contributed by atoms with Crippen LogP contribution in [0.4, 0.5) is 0 Å². The predicted molar refractivity (Wildman–Crippen MR) is 50.9 cm³/mol. The van der Waals surface area contributed by atoms with Crippen LogP contribution in [0.2, 0.25) is 0 Å². The fourth-order valence-electron chi connectivity index (χ4n) is 4.46. The molecule has 3 fully saturated rings. The molecule has 0 saturated heterocycles. The molecule has 0 radical (unpaired) electrons. The molecule has 0 unspecified atom stereocenters. The second-order valence-corrected chi connectivity index (χ2v) is 5.30. The minimum absolute atomic E-state index is 1.17. The molecule has 0 aromatic carbocycles. The van der Waals surface area contributed by atoms with Crippen LogP contribution in [0.3, 0.4) is 0 Å². The minimum Gasteiger partial charge on any atom is -0.0528 e. The first-order valence-corrected chi connectivity index (χ1v) is 5.95. The Morgan fingerprint density at radius 3 is 1.42 bits per heavy atom. The highest BCUT2D eigenvalue weighted by atomic mass is 14.5. The first kappa shape index (κ1) is 7.41. The zero-order chi connectivity index (χ0) is 7.97. The fraction of sp³-hybridized carbons (Fsp3) is 1.00. The first-order chi connectivity index (χ1) is 5.95. The number of rotatable bonds is 0. The largest absolute Gasteiger partial charge is 0.0528 e. The third kappa shape index (κ3) is 0.963. The zero-order valence-corrected chi connectivity index (χ0v) is 7.97. The lowest BCUT2D eigenvalue weighted by Gasteiger charge is -2.40. The predicted octanol–water partition coefficient (Wildman–Crippen LogP) is 3.61. The van der Waals surface area contributed by atoms with Gasteiger partial charge >= 0.3 is 0 Å². The van der Waals surface area contributed by atoms with Crippen molar-refractivity contribution in [2.24, 2.45) is 23.7 Å².